The van der Waals surface area contributed by atoms with Gasteiger partial charge in [-0.1, -0.05) is 20.8 Å². The normalized spacial score (nSPS) is 16.0. The van der Waals surface area contributed by atoms with Gasteiger partial charge >= 0.3 is 0 Å². The van der Waals surface area contributed by atoms with E-state index in [0.717, 1.165) is 0 Å². The molecule has 1 radical (unpaired) electrons. The van der Waals surface area contributed by atoms with Crippen LogP contribution in [0.1, 0.15) is 33.6 Å². The molecule has 2 atom stereocenters. The predicted molar refractivity (Wildman–Crippen MR) is 69.0 cm³/mol. The van der Waals surface area contributed by atoms with E-state index >= 15 is 0 Å². The summed E-state index contributed by atoms with van der Waals surface area (Å²) in [5, 5.41) is 0. The minimum Gasteiger partial charge on any atom is -0.306 e. The summed E-state index contributed by atoms with van der Waals surface area (Å²) in [7, 11) is 4.22. The Morgan fingerprint density at radius 3 is 1.87 bits per heavy atom. The highest BCUT2D eigenvalue weighted by Crippen LogP contribution is 2.10. The number of hydrogen-bond acceptors (Lipinski definition) is 2. The molecule has 0 aromatic carbocycles. The van der Waals surface area contributed by atoms with Crippen LogP contribution in [-0.4, -0.2) is 49.6 Å². The Labute approximate surface area is 96.6 Å². The molecular weight excluding hydrogens is 184 g/mol. The third-order valence-corrected chi connectivity index (χ3v) is 2.95. The summed E-state index contributed by atoms with van der Waals surface area (Å²) >= 11 is 0. The molecule has 0 saturated carbocycles. The number of nitrogens with zero attached hydrogens (tertiary/aromatic N) is 2. The summed E-state index contributed by atoms with van der Waals surface area (Å²) in [6.07, 6.45) is 2.49. The summed E-state index contributed by atoms with van der Waals surface area (Å²) in [6.45, 7) is 14.6. The van der Waals surface area contributed by atoms with Crippen LogP contribution in [0, 0.1) is 12.8 Å². The zero-order valence-corrected chi connectivity index (χ0v) is 11.3. The van der Waals surface area contributed by atoms with Gasteiger partial charge in [-0.3, -0.25) is 0 Å². The maximum atomic E-state index is 4.21. The maximum Gasteiger partial charge on any atom is 0.0128 e. The Bertz CT molecular complexity index is 139. The van der Waals surface area contributed by atoms with Crippen molar-refractivity contribution in [2.45, 2.75) is 39.7 Å². The van der Waals surface area contributed by atoms with Gasteiger partial charge in [0.2, 0.25) is 0 Å². The van der Waals surface area contributed by atoms with Crippen molar-refractivity contribution in [2.75, 3.05) is 33.7 Å². The molecule has 0 heterocycles. The molecule has 0 aliphatic carbocycles. The first-order chi connectivity index (χ1) is 7.02. The molecule has 0 saturated heterocycles. The van der Waals surface area contributed by atoms with E-state index in [1.165, 1.54) is 32.5 Å². The third-order valence-electron chi connectivity index (χ3n) is 2.95. The predicted octanol–water partition coefficient (Wildman–Crippen LogP) is 2.51. The van der Waals surface area contributed by atoms with Crippen molar-refractivity contribution in [1.82, 2.24) is 9.80 Å². The quantitative estimate of drug-likeness (QED) is 0.611. The van der Waals surface area contributed by atoms with E-state index in [1.807, 2.05) is 0 Å². The largest absolute Gasteiger partial charge is 0.306 e. The second-order valence-corrected chi connectivity index (χ2v) is 4.81. The van der Waals surface area contributed by atoms with Crippen molar-refractivity contribution >= 4 is 0 Å². The monoisotopic (exact) mass is 213 g/mol. The van der Waals surface area contributed by atoms with Gasteiger partial charge in [0, 0.05) is 12.6 Å². The highest BCUT2D eigenvalue weighted by Gasteiger charge is 2.16. The van der Waals surface area contributed by atoms with E-state index in [1.54, 1.807) is 0 Å². The van der Waals surface area contributed by atoms with E-state index in [-0.39, 0.29) is 0 Å². The molecule has 0 aliphatic heterocycles. The highest BCUT2D eigenvalue weighted by molar-refractivity contribution is 4.77. The molecule has 0 aromatic heterocycles. The van der Waals surface area contributed by atoms with E-state index in [4.69, 9.17) is 0 Å². The van der Waals surface area contributed by atoms with Gasteiger partial charge in [0.1, 0.15) is 0 Å². The zero-order chi connectivity index (χ0) is 11.8. The van der Waals surface area contributed by atoms with E-state index in [2.05, 4.69) is 51.6 Å². The lowest BCUT2D eigenvalue weighted by Gasteiger charge is -2.31. The second kappa shape index (κ2) is 8.12. The van der Waals surface area contributed by atoms with Crippen molar-refractivity contribution in [3.05, 3.63) is 6.92 Å². The van der Waals surface area contributed by atoms with Crippen LogP contribution >= 0.6 is 0 Å². The molecule has 2 unspecified atom stereocenters. The highest BCUT2D eigenvalue weighted by atomic mass is 15.1. The Morgan fingerprint density at radius 1 is 1.07 bits per heavy atom. The van der Waals surface area contributed by atoms with Crippen LogP contribution in [0.15, 0.2) is 0 Å². The molecule has 2 heteroatoms. The van der Waals surface area contributed by atoms with Crippen molar-refractivity contribution in [3.63, 3.8) is 0 Å². The molecule has 0 fully saturated rings. The summed E-state index contributed by atoms with van der Waals surface area (Å²) in [6, 6.07) is 0.418. The van der Waals surface area contributed by atoms with Gasteiger partial charge in [0.25, 0.3) is 0 Å². The Hall–Kier alpha value is -0.0800. The van der Waals surface area contributed by atoms with Crippen LogP contribution in [0.2, 0.25) is 0 Å². The lowest BCUT2D eigenvalue weighted by atomic mass is 10.0. The summed E-state index contributed by atoms with van der Waals surface area (Å²) in [5.74, 6) is 0.637. The minimum atomic E-state index is 0.418. The number of hydrogen-bond donors (Lipinski definition) is 0. The van der Waals surface area contributed by atoms with Crippen LogP contribution in [0.3, 0.4) is 0 Å². The minimum absolute atomic E-state index is 0.418. The molecule has 0 rings (SSSR count). The van der Waals surface area contributed by atoms with Gasteiger partial charge in [0.05, 0.1) is 0 Å². The SMILES string of the molecule is [CH2]C(C(C)CN(CCC)CCC)N(C)C. The van der Waals surface area contributed by atoms with Crippen molar-refractivity contribution < 1.29 is 0 Å². The fraction of sp³-hybridized carbons (Fsp3) is 0.923. The molecule has 0 bridgehead atoms. The maximum absolute atomic E-state index is 4.21. The standard InChI is InChI=1S/C13H29N2/c1-7-9-15(10-8-2)11-12(3)13(4)14(5)6/h12-13H,4,7-11H2,1-3,5-6H3. The lowest BCUT2D eigenvalue weighted by molar-refractivity contribution is 0.181. The molecule has 91 valence electrons. The molecule has 15 heavy (non-hydrogen) atoms. The summed E-state index contributed by atoms with van der Waals surface area (Å²) in [5.41, 5.74) is 0. The topological polar surface area (TPSA) is 6.48 Å². The zero-order valence-electron chi connectivity index (χ0n) is 11.3. The molecule has 0 N–H and O–H groups in total. The Kier molecular flexibility index (Phi) is 8.07. The molecule has 2 nitrogen and oxygen atoms in total. The van der Waals surface area contributed by atoms with Crippen LogP contribution in [0.25, 0.3) is 0 Å². The van der Waals surface area contributed by atoms with Crippen LogP contribution in [0.4, 0.5) is 0 Å². The van der Waals surface area contributed by atoms with Gasteiger partial charge in [-0.2, -0.15) is 0 Å². The van der Waals surface area contributed by atoms with Gasteiger partial charge in [-0.05, 0) is 52.9 Å². The first-order valence-electron chi connectivity index (χ1n) is 6.24. The first kappa shape index (κ1) is 14.9. The third kappa shape index (κ3) is 6.16. The molecule has 0 amide bonds. The van der Waals surface area contributed by atoms with Crippen LogP contribution in [-0.2, 0) is 0 Å². The van der Waals surface area contributed by atoms with Crippen molar-refractivity contribution in [1.29, 1.82) is 0 Å². The van der Waals surface area contributed by atoms with Gasteiger partial charge in [-0.15, -0.1) is 0 Å². The fourth-order valence-corrected chi connectivity index (χ4v) is 1.96. The average molecular weight is 213 g/mol. The smallest absolute Gasteiger partial charge is 0.0128 e. The number of rotatable bonds is 8. The first-order valence-corrected chi connectivity index (χ1v) is 6.24. The summed E-state index contributed by atoms with van der Waals surface area (Å²) < 4.78 is 0. The van der Waals surface area contributed by atoms with Crippen molar-refractivity contribution in [2.24, 2.45) is 5.92 Å². The Morgan fingerprint density at radius 2 is 1.53 bits per heavy atom. The van der Waals surface area contributed by atoms with Gasteiger partial charge < -0.3 is 9.80 Å². The molecular formula is C13H29N2. The van der Waals surface area contributed by atoms with E-state index in [9.17, 15) is 0 Å². The molecule has 0 aromatic rings. The van der Waals surface area contributed by atoms with Crippen LogP contribution < -0.4 is 0 Å². The molecule has 0 spiro atoms. The average Bonchev–Trinajstić information content (AvgIpc) is 2.17. The lowest BCUT2D eigenvalue weighted by Crippen LogP contribution is -2.39. The van der Waals surface area contributed by atoms with Crippen molar-refractivity contribution in [3.8, 4) is 0 Å². The van der Waals surface area contributed by atoms with Gasteiger partial charge in [0.15, 0.2) is 0 Å². The molecule has 0 aliphatic rings. The summed E-state index contributed by atoms with van der Waals surface area (Å²) in [4.78, 5) is 4.77. The van der Waals surface area contributed by atoms with E-state index in [0.29, 0.717) is 12.0 Å². The van der Waals surface area contributed by atoms with E-state index < -0.39 is 0 Å². The van der Waals surface area contributed by atoms with Crippen LogP contribution in [0.5, 0.6) is 0 Å². The van der Waals surface area contributed by atoms with Gasteiger partial charge in [-0.25, -0.2) is 0 Å². The second-order valence-electron chi connectivity index (χ2n) is 4.81. The fourth-order valence-electron chi connectivity index (χ4n) is 1.96. The Balaban J connectivity index is 4.02.